The van der Waals surface area contributed by atoms with Crippen molar-refractivity contribution in [2.45, 2.75) is 39.5 Å². The van der Waals surface area contributed by atoms with Crippen molar-refractivity contribution in [1.82, 2.24) is 9.80 Å². The van der Waals surface area contributed by atoms with Crippen molar-refractivity contribution in [3.05, 3.63) is 11.6 Å². The Labute approximate surface area is 120 Å². The van der Waals surface area contributed by atoms with Crippen molar-refractivity contribution in [3.63, 3.8) is 0 Å². The van der Waals surface area contributed by atoms with Crippen LogP contribution in [0.1, 0.15) is 39.5 Å². The summed E-state index contributed by atoms with van der Waals surface area (Å²) >= 11 is 0. The summed E-state index contributed by atoms with van der Waals surface area (Å²) in [4.78, 5) is 27.5. The summed E-state index contributed by atoms with van der Waals surface area (Å²) in [5.74, 6) is -0.760. The lowest BCUT2D eigenvalue weighted by molar-refractivity contribution is -0.148. The number of carboxylic acid groups (broad SMARTS) is 1. The third-order valence-corrected chi connectivity index (χ3v) is 4.51. The summed E-state index contributed by atoms with van der Waals surface area (Å²) in [5.41, 5.74) is 0.590. The molecule has 0 bridgehead atoms. The molecule has 0 saturated carbocycles. The van der Waals surface area contributed by atoms with Gasteiger partial charge in [0.25, 0.3) is 0 Å². The quantitative estimate of drug-likeness (QED) is 0.807. The van der Waals surface area contributed by atoms with Gasteiger partial charge < -0.3 is 14.9 Å². The summed E-state index contributed by atoms with van der Waals surface area (Å²) in [5, 5.41) is 9.48. The summed E-state index contributed by atoms with van der Waals surface area (Å²) in [7, 11) is 0. The average Bonchev–Trinajstić information content (AvgIpc) is 2.85. The molecule has 2 aliphatic rings. The van der Waals surface area contributed by atoms with Gasteiger partial charge in [-0.05, 0) is 26.2 Å². The number of hydrogen-bond donors (Lipinski definition) is 1. The van der Waals surface area contributed by atoms with E-state index in [9.17, 15) is 14.7 Å². The molecule has 1 N–H and O–H groups in total. The van der Waals surface area contributed by atoms with Crippen molar-refractivity contribution < 1.29 is 14.7 Å². The van der Waals surface area contributed by atoms with E-state index >= 15 is 0 Å². The molecule has 112 valence electrons. The largest absolute Gasteiger partial charge is 0.481 e. The van der Waals surface area contributed by atoms with Crippen molar-refractivity contribution in [2.24, 2.45) is 5.41 Å². The van der Waals surface area contributed by atoms with Gasteiger partial charge in [-0.1, -0.05) is 25.0 Å². The summed E-state index contributed by atoms with van der Waals surface area (Å²) in [6.45, 7) is 6.38. The van der Waals surface area contributed by atoms with E-state index in [0.717, 1.165) is 19.4 Å². The zero-order valence-electron chi connectivity index (χ0n) is 12.4. The van der Waals surface area contributed by atoms with Gasteiger partial charge in [0.15, 0.2) is 0 Å². The van der Waals surface area contributed by atoms with Crippen molar-refractivity contribution >= 4 is 12.0 Å². The van der Waals surface area contributed by atoms with Gasteiger partial charge in [0.2, 0.25) is 0 Å². The van der Waals surface area contributed by atoms with Crippen LogP contribution < -0.4 is 0 Å². The molecule has 2 heterocycles. The first-order chi connectivity index (χ1) is 9.48. The van der Waals surface area contributed by atoms with E-state index in [1.807, 2.05) is 11.8 Å². The highest BCUT2D eigenvalue weighted by Crippen LogP contribution is 2.36. The molecule has 0 aliphatic carbocycles. The lowest BCUT2D eigenvalue weighted by atomic mass is 9.83. The molecule has 0 aromatic heterocycles. The van der Waals surface area contributed by atoms with Crippen LogP contribution in [0, 0.1) is 5.41 Å². The van der Waals surface area contributed by atoms with E-state index in [2.05, 4.69) is 13.0 Å². The first kappa shape index (κ1) is 14.9. The molecular formula is C15H24N2O3. The van der Waals surface area contributed by atoms with Crippen LogP contribution in [-0.2, 0) is 4.79 Å². The smallest absolute Gasteiger partial charge is 0.320 e. The highest BCUT2D eigenvalue weighted by atomic mass is 16.4. The molecule has 20 heavy (non-hydrogen) atoms. The number of urea groups is 1. The van der Waals surface area contributed by atoms with Gasteiger partial charge in [-0.15, -0.1) is 0 Å². The van der Waals surface area contributed by atoms with Crippen LogP contribution in [0.3, 0.4) is 0 Å². The van der Waals surface area contributed by atoms with E-state index < -0.39 is 11.4 Å². The zero-order chi connectivity index (χ0) is 14.8. The van der Waals surface area contributed by atoms with Crippen molar-refractivity contribution in [1.29, 1.82) is 0 Å². The van der Waals surface area contributed by atoms with Gasteiger partial charge in [0, 0.05) is 26.2 Å². The standard InChI is InChI=1S/C15H24N2O3/c1-3-6-15(13(18)19)7-10-17(11-15)14(20)16-8-4-12(2)5-9-16/h4H,3,5-11H2,1-2H3,(H,18,19). The van der Waals surface area contributed by atoms with Gasteiger partial charge in [-0.2, -0.15) is 0 Å². The molecule has 2 aliphatic heterocycles. The first-order valence-corrected chi connectivity index (χ1v) is 7.41. The first-order valence-electron chi connectivity index (χ1n) is 7.41. The fourth-order valence-corrected chi connectivity index (χ4v) is 3.14. The molecule has 1 unspecified atom stereocenters. The number of carboxylic acids is 1. The van der Waals surface area contributed by atoms with Gasteiger partial charge in [-0.25, -0.2) is 4.79 Å². The fourth-order valence-electron chi connectivity index (χ4n) is 3.14. The molecule has 1 saturated heterocycles. The topological polar surface area (TPSA) is 60.9 Å². The molecular weight excluding hydrogens is 256 g/mol. The van der Waals surface area contributed by atoms with Crippen LogP contribution in [0.25, 0.3) is 0 Å². The average molecular weight is 280 g/mol. The zero-order valence-corrected chi connectivity index (χ0v) is 12.4. The lowest BCUT2D eigenvalue weighted by Gasteiger charge is -2.31. The lowest BCUT2D eigenvalue weighted by Crippen LogP contribution is -2.45. The van der Waals surface area contributed by atoms with Crippen LogP contribution in [0.4, 0.5) is 4.79 Å². The minimum absolute atomic E-state index is 0.00650. The number of carbonyl (C=O) groups is 2. The molecule has 0 radical (unpaired) electrons. The predicted molar refractivity (Wildman–Crippen MR) is 76.5 cm³/mol. The Morgan fingerprint density at radius 1 is 1.35 bits per heavy atom. The Kier molecular flexibility index (Phi) is 4.35. The molecule has 0 aromatic rings. The van der Waals surface area contributed by atoms with Crippen LogP contribution in [0.15, 0.2) is 11.6 Å². The Morgan fingerprint density at radius 2 is 2.10 bits per heavy atom. The Hall–Kier alpha value is -1.52. The number of aliphatic carboxylic acids is 1. The third-order valence-electron chi connectivity index (χ3n) is 4.51. The van der Waals surface area contributed by atoms with E-state index in [4.69, 9.17) is 0 Å². The number of carbonyl (C=O) groups excluding carboxylic acids is 1. The maximum absolute atomic E-state index is 12.5. The maximum atomic E-state index is 12.5. The minimum Gasteiger partial charge on any atom is -0.481 e. The number of hydrogen-bond acceptors (Lipinski definition) is 2. The summed E-state index contributed by atoms with van der Waals surface area (Å²) in [6, 6.07) is -0.00650. The third kappa shape index (κ3) is 2.81. The fraction of sp³-hybridized carbons (Fsp3) is 0.733. The number of likely N-dealkylation sites (tertiary alicyclic amines) is 1. The molecule has 1 fully saturated rings. The summed E-state index contributed by atoms with van der Waals surface area (Å²) < 4.78 is 0. The number of rotatable bonds is 3. The van der Waals surface area contributed by atoms with Crippen LogP contribution >= 0.6 is 0 Å². The second-order valence-electron chi connectivity index (χ2n) is 6.04. The molecule has 1 atom stereocenters. The highest BCUT2D eigenvalue weighted by Gasteiger charge is 2.46. The highest BCUT2D eigenvalue weighted by molar-refractivity contribution is 5.80. The molecule has 0 aromatic carbocycles. The Bertz CT molecular complexity index is 433. The number of nitrogens with zero attached hydrogens (tertiary/aromatic N) is 2. The van der Waals surface area contributed by atoms with Gasteiger partial charge >= 0.3 is 12.0 Å². The molecule has 2 amide bonds. The SMILES string of the molecule is CCCC1(C(=O)O)CCN(C(=O)N2CC=C(C)CC2)C1. The monoisotopic (exact) mass is 280 g/mol. The van der Waals surface area contributed by atoms with E-state index in [1.54, 1.807) is 4.90 Å². The Morgan fingerprint density at radius 3 is 2.65 bits per heavy atom. The normalized spacial score (nSPS) is 26.6. The molecule has 2 rings (SSSR count). The number of amides is 2. The van der Waals surface area contributed by atoms with Crippen LogP contribution in [0.5, 0.6) is 0 Å². The van der Waals surface area contributed by atoms with Crippen LogP contribution in [-0.4, -0.2) is 53.1 Å². The Balaban J connectivity index is 2.01. The van der Waals surface area contributed by atoms with Gasteiger partial charge in [0.1, 0.15) is 0 Å². The van der Waals surface area contributed by atoms with Gasteiger partial charge in [-0.3, -0.25) is 4.79 Å². The second-order valence-corrected chi connectivity index (χ2v) is 6.04. The predicted octanol–water partition coefficient (Wildman–Crippen LogP) is 2.34. The van der Waals surface area contributed by atoms with Gasteiger partial charge in [0.05, 0.1) is 5.41 Å². The molecule has 0 spiro atoms. The van der Waals surface area contributed by atoms with E-state index in [-0.39, 0.29) is 6.03 Å². The van der Waals surface area contributed by atoms with Crippen molar-refractivity contribution in [2.75, 3.05) is 26.2 Å². The molecule has 5 heteroatoms. The van der Waals surface area contributed by atoms with E-state index in [0.29, 0.717) is 32.5 Å². The van der Waals surface area contributed by atoms with Crippen LogP contribution in [0.2, 0.25) is 0 Å². The van der Waals surface area contributed by atoms with E-state index in [1.165, 1.54) is 5.57 Å². The summed E-state index contributed by atoms with van der Waals surface area (Å²) in [6.07, 6.45) is 5.04. The van der Waals surface area contributed by atoms with Crippen molar-refractivity contribution in [3.8, 4) is 0 Å². The minimum atomic E-state index is -0.760. The molecule has 5 nitrogen and oxygen atoms in total. The maximum Gasteiger partial charge on any atom is 0.320 e. The second kappa shape index (κ2) is 5.85.